The molecule has 0 fully saturated rings. The summed E-state index contributed by atoms with van der Waals surface area (Å²) in [5, 5.41) is 2.79. The Labute approximate surface area is 92.0 Å². The lowest BCUT2D eigenvalue weighted by atomic mass is 10.5. The highest BCUT2D eigenvalue weighted by Gasteiger charge is 2.04. The van der Waals surface area contributed by atoms with Crippen LogP contribution in [-0.4, -0.2) is 19.5 Å². The first-order chi connectivity index (χ1) is 7.66. The van der Waals surface area contributed by atoms with E-state index in [2.05, 4.69) is 20.3 Å². The molecule has 0 aliphatic carbocycles. The third-order valence-corrected chi connectivity index (χ3v) is 2.04. The van der Waals surface area contributed by atoms with Gasteiger partial charge in [-0.3, -0.25) is 4.79 Å². The van der Waals surface area contributed by atoms with E-state index in [1.807, 2.05) is 6.92 Å². The van der Waals surface area contributed by atoms with E-state index in [4.69, 9.17) is 0 Å². The molecule has 0 saturated heterocycles. The molecule has 0 aliphatic rings. The Hall–Kier alpha value is -2.24. The monoisotopic (exact) mass is 217 g/mol. The third kappa shape index (κ3) is 2.05. The van der Waals surface area contributed by atoms with Crippen LogP contribution in [-0.2, 0) is 7.05 Å². The van der Waals surface area contributed by atoms with Crippen molar-refractivity contribution in [2.45, 2.75) is 6.92 Å². The Morgan fingerprint density at radius 3 is 2.88 bits per heavy atom. The van der Waals surface area contributed by atoms with Gasteiger partial charge in [0.1, 0.15) is 0 Å². The Bertz CT molecular complexity index is 563. The van der Waals surface area contributed by atoms with Gasteiger partial charge in [0, 0.05) is 31.3 Å². The van der Waals surface area contributed by atoms with E-state index < -0.39 is 0 Å². The van der Waals surface area contributed by atoms with Crippen molar-refractivity contribution in [3.8, 4) is 0 Å². The van der Waals surface area contributed by atoms with Gasteiger partial charge in [0.15, 0.2) is 5.82 Å². The summed E-state index contributed by atoms with van der Waals surface area (Å²) in [4.78, 5) is 23.7. The molecule has 2 heterocycles. The first-order valence-electron chi connectivity index (χ1n) is 4.75. The second-order valence-corrected chi connectivity index (χ2v) is 3.34. The number of anilines is 2. The highest BCUT2D eigenvalue weighted by atomic mass is 16.1. The normalized spacial score (nSPS) is 10.1. The van der Waals surface area contributed by atoms with Crippen LogP contribution in [0.25, 0.3) is 0 Å². The van der Waals surface area contributed by atoms with Crippen molar-refractivity contribution in [3.05, 3.63) is 40.7 Å². The zero-order valence-corrected chi connectivity index (χ0v) is 9.01. The Kier molecular flexibility index (Phi) is 2.63. The molecule has 2 rings (SSSR count). The van der Waals surface area contributed by atoms with Gasteiger partial charge in [0.25, 0.3) is 5.56 Å². The molecular weight excluding hydrogens is 206 g/mol. The van der Waals surface area contributed by atoms with Gasteiger partial charge in [-0.25, -0.2) is 15.0 Å². The minimum atomic E-state index is -0.215. The highest BCUT2D eigenvalue weighted by molar-refractivity contribution is 5.45. The van der Waals surface area contributed by atoms with Crippen molar-refractivity contribution in [2.24, 2.45) is 7.05 Å². The zero-order valence-electron chi connectivity index (χ0n) is 9.01. The molecule has 16 heavy (non-hydrogen) atoms. The maximum absolute atomic E-state index is 11.6. The highest BCUT2D eigenvalue weighted by Crippen LogP contribution is 2.04. The number of hydrogen-bond donors (Lipinski definition) is 1. The molecule has 6 nitrogen and oxygen atoms in total. The molecule has 0 bridgehead atoms. The van der Waals surface area contributed by atoms with Gasteiger partial charge < -0.3 is 9.88 Å². The van der Waals surface area contributed by atoms with Crippen LogP contribution in [0.2, 0.25) is 0 Å². The summed E-state index contributed by atoms with van der Waals surface area (Å²) in [5.41, 5.74) is 0.609. The van der Waals surface area contributed by atoms with Gasteiger partial charge in [-0.1, -0.05) is 0 Å². The molecule has 0 saturated carbocycles. The predicted octanol–water partition coefficient (Wildman–Crippen LogP) is 0.622. The fourth-order valence-electron chi connectivity index (χ4n) is 1.20. The third-order valence-electron chi connectivity index (χ3n) is 2.04. The Morgan fingerprint density at radius 2 is 2.12 bits per heavy atom. The minimum absolute atomic E-state index is 0.215. The van der Waals surface area contributed by atoms with Crippen LogP contribution in [0, 0.1) is 6.92 Å². The van der Waals surface area contributed by atoms with Crippen LogP contribution in [0.1, 0.15) is 5.69 Å². The SMILES string of the molecule is Cc1ccnc(Nc2nccn(C)c2=O)n1. The zero-order chi connectivity index (χ0) is 11.5. The van der Waals surface area contributed by atoms with E-state index in [1.54, 1.807) is 31.7 Å². The summed E-state index contributed by atoms with van der Waals surface area (Å²) in [5.74, 6) is 0.589. The maximum atomic E-state index is 11.6. The molecule has 0 spiro atoms. The van der Waals surface area contributed by atoms with E-state index >= 15 is 0 Å². The van der Waals surface area contributed by atoms with Crippen LogP contribution in [0.3, 0.4) is 0 Å². The summed E-state index contributed by atoms with van der Waals surface area (Å²) < 4.78 is 1.44. The van der Waals surface area contributed by atoms with E-state index in [0.29, 0.717) is 5.95 Å². The van der Waals surface area contributed by atoms with Crippen molar-refractivity contribution >= 4 is 11.8 Å². The predicted molar refractivity (Wildman–Crippen MR) is 59.5 cm³/mol. The smallest absolute Gasteiger partial charge is 0.293 e. The topological polar surface area (TPSA) is 72.7 Å². The van der Waals surface area contributed by atoms with Crippen LogP contribution in [0.5, 0.6) is 0 Å². The molecule has 2 aromatic heterocycles. The van der Waals surface area contributed by atoms with Gasteiger partial charge in [-0.05, 0) is 13.0 Å². The first-order valence-corrected chi connectivity index (χ1v) is 4.75. The first kappa shape index (κ1) is 10.3. The molecule has 0 atom stereocenters. The average molecular weight is 217 g/mol. The molecule has 0 amide bonds. The lowest BCUT2D eigenvalue weighted by Crippen LogP contribution is -2.20. The van der Waals surface area contributed by atoms with Crippen LogP contribution >= 0.6 is 0 Å². The number of aromatic nitrogens is 4. The number of aryl methyl sites for hydroxylation is 2. The van der Waals surface area contributed by atoms with E-state index in [1.165, 1.54) is 4.57 Å². The van der Waals surface area contributed by atoms with Crippen molar-refractivity contribution in [1.82, 2.24) is 19.5 Å². The van der Waals surface area contributed by atoms with Crippen molar-refractivity contribution in [1.29, 1.82) is 0 Å². The van der Waals surface area contributed by atoms with E-state index in [0.717, 1.165) is 5.69 Å². The molecule has 0 aliphatic heterocycles. The second-order valence-electron chi connectivity index (χ2n) is 3.34. The lowest BCUT2D eigenvalue weighted by Gasteiger charge is -2.04. The summed E-state index contributed by atoms with van der Waals surface area (Å²) in [6, 6.07) is 1.78. The molecular formula is C10H11N5O. The van der Waals surface area contributed by atoms with Crippen molar-refractivity contribution in [2.75, 3.05) is 5.32 Å². The van der Waals surface area contributed by atoms with Crippen molar-refractivity contribution < 1.29 is 0 Å². The fourth-order valence-corrected chi connectivity index (χ4v) is 1.20. The summed E-state index contributed by atoms with van der Waals surface area (Å²) >= 11 is 0. The largest absolute Gasteiger partial charge is 0.314 e. The number of hydrogen-bond acceptors (Lipinski definition) is 5. The summed E-state index contributed by atoms with van der Waals surface area (Å²) in [6.45, 7) is 1.85. The van der Waals surface area contributed by atoms with Gasteiger partial charge in [0.2, 0.25) is 5.95 Å². The Balaban J connectivity index is 2.34. The standard InChI is InChI=1S/C10H11N5O/c1-7-3-4-12-10(13-7)14-8-9(16)15(2)6-5-11-8/h3-6H,1-2H3,(H,11,12,13,14). The second kappa shape index (κ2) is 4.09. The average Bonchev–Trinajstić information content (AvgIpc) is 2.25. The van der Waals surface area contributed by atoms with Crippen LogP contribution in [0.15, 0.2) is 29.5 Å². The summed E-state index contributed by atoms with van der Waals surface area (Å²) in [6.07, 6.45) is 4.75. The van der Waals surface area contributed by atoms with Gasteiger partial charge in [-0.15, -0.1) is 0 Å². The Morgan fingerprint density at radius 1 is 1.31 bits per heavy atom. The molecule has 1 N–H and O–H groups in total. The molecule has 0 radical (unpaired) electrons. The number of rotatable bonds is 2. The van der Waals surface area contributed by atoms with Crippen LogP contribution in [0.4, 0.5) is 11.8 Å². The van der Waals surface area contributed by atoms with Gasteiger partial charge in [0.05, 0.1) is 0 Å². The molecule has 82 valence electrons. The van der Waals surface area contributed by atoms with E-state index in [9.17, 15) is 4.79 Å². The van der Waals surface area contributed by atoms with Crippen LogP contribution < -0.4 is 10.9 Å². The lowest BCUT2D eigenvalue weighted by molar-refractivity contribution is 0.844. The molecule has 6 heteroatoms. The maximum Gasteiger partial charge on any atom is 0.293 e. The van der Waals surface area contributed by atoms with E-state index in [-0.39, 0.29) is 11.4 Å². The van der Waals surface area contributed by atoms with Crippen molar-refractivity contribution in [3.63, 3.8) is 0 Å². The number of nitrogens with zero attached hydrogens (tertiary/aromatic N) is 4. The molecule has 0 unspecified atom stereocenters. The van der Waals surface area contributed by atoms with Gasteiger partial charge in [-0.2, -0.15) is 0 Å². The molecule has 2 aromatic rings. The fraction of sp³-hybridized carbons (Fsp3) is 0.200. The number of nitrogens with one attached hydrogen (secondary N) is 1. The quantitative estimate of drug-likeness (QED) is 0.798. The minimum Gasteiger partial charge on any atom is -0.314 e. The van der Waals surface area contributed by atoms with Gasteiger partial charge >= 0.3 is 0 Å². The molecule has 0 aromatic carbocycles. The summed E-state index contributed by atoms with van der Waals surface area (Å²) in [7, 11) is 1.66.